The van der Waals surface area contributed by atoms with Gasteiger partial charge in [-0.25, -0.2) is 0 Å². The van der Waals surface area contributed by atoms with Gasteiger partial charge < -0.3 is 10.1 Å². The predicted molar refractivity (Wildman–Crippen MR) is 83.6 cm³/mol. The Morgan fingerprint density at radius 1 is 1.05 bits per heavy atom. The van der Waals surface area contributed by atoms with E-state index in [0.717, 1.165) is 11.3 Å². The summed E-state index contributed by atoms with van der Waals surface area (Å²) >= 11 is 0. The molecule has 0 spiro atoms. The summed E-state index contributed by atoms with van der Waals surface area (Å²) in [5, 5.41) is 12.7. The van der Waals surface area contributed by atoms with Crippen LogP contribution in [0, 0.1) is 0 Å². The van der Waals surface area contributed by atoms with Crippen LogP contribution in [0.1, 0.15) is 5.56 Å². The second kappa shape index (κ2) is 7.14. The van der Waals surface area contributed by atoms with E-state index in [1.165, 1.54) is 0 Å². The quantitative estimate of drug-likeness (QED) is 0.375. The van der Waals surface area contributed by atoms with Crippen LogP contribution in [0.4, 0.5) is 5.69 Å². The van der Waals surface area contributed by atoms with Crippen molar-refractivity contribution >= 4 is 11.4 Å². The molecule has 0 aliphatic rings. The summed E-state index contributed by atoms with van der Waals surface area (Å²) in [6, 6.07) is 19.7. The van der Waals surface area contributed by atoms with Gasteiger partial charge in [0.25, 0.3) is 0 Å². The molecule has 0 saturated heterocycles. The molecule has 1 N–H and O–H groups in total. The molecule has 20 heavy (non-hydrogen) atoms. The first kappa shape index (κ1) is 13.9. The molecular weight excluding hydrogens is 248 g/mol. The van der Waals surface area contributed by atoms with E-state index in [9.17, 15) is 5.21 Å². The Kier molecular flexibility index (Phi) is 4.95. The molecule has 0 fully saturated rings. The first-order valence-electron chi connectivity index (χ1n) is 6.52. The first-order chi connectivity index (χ1) is 9.85. The Hall–Kier alpha value is -2.55. The monoisotopic (exact) mass is 266 g/mol. The van der Waals surface area contributed by atoms with Gasteiger partial charge in [-0.1, -0.05) is 59.8 Å². The van der Waals surface area contributed by atoms with Crippen LogP contribution < -0.4 is 4.90 Å². The average Bonchev–Trinajstić information content (AvgIpc) is 2.53. The third-order valence-electron chi connectivity index (χ3n) is 3.04. The Balaban J connectivity index is 2.21. The highest BCUT2D eigenvalue weighted by atomic mass is 16.4. The van der Waals surface area contributed by atoms with Gasteiger partial charge in [0.15, 0.2) is 0 Å². The molecule has 0 unspecified atom stereocenters. The van der Waals surface area contributed by atoms with Gasteiger partial charge in [0, 0.05) is 17.8 Å². The van der Waals surface area contributed by atoms with E-state index in [-0.39, 0.29) is 0 Å². The summed E-state index contributed by atoms with van der Waals surface area (Å²) < 4.78 is 0. The third kappa shape index (κ3) is 3.48. The van der Waals surface area contributed by atoms with E-state index in [1.807, 2.05) is 66.7 Å². The van der Waals surface area contributed by atoms with Crippen LogP contribution in [-0.2, 0) is 0 Å². The van der Waals surface area contributed by atoms with E-state index in [1.54, 1.807) is 0 Å². The molecule has 3 nitrogen and oxygen atoms in total. The lowest BCUT2D eigenvalue weighted by Gasteiger charge is -2.23. The average molecular weight is 266 g/mol. The number of para-hydroxylation sites is 1. The van der Waals surface area contributed by atoms with Crippen molar-refractivity contribution in [3.05, 3.63) is 78.9 Å². The highest BCUT2D eigenvalue weighted by molar-refractivity contribution is 6.03. The maximum atomic E-state index is 9.28. The zero-order valence-electron chi connectivity index (χ0n) is 11.3. The number of oxime groups is 1. The maximum Gasteiger partial charge on any atom is 0.106 e. The fraction of sp³-hybridized carbons (Fsp3) is 0.118. The van der Waals surface area contributed by atoms with Gasteiger partial charge in [0.2, 0.25) is 0 Å². The van der Waals surface area contributed by atoms with Gasteiger partial charge in [-0.05, 0) is 12.1 Å². The molecule has 0 amide bonds. The van der Waals surface area contributed by atoms with Crippen molar-refractivity contribution in [1.29, 1.82) is 0 Å². The van der Waals surface area contributed by atoms with Crippen LogP contribution >= 0.6 is 0 Å². The van der Waals surface area contributed by atoms with E-state index >= 15 is 0 Å². The standard InChI is InChI=1S/C17H18N2O/c1-2-13-19(16-11-7-4-8-12-16)14-17(18-20)15-9-5-3-6-10-15/h2-12,20H,1,13-14H2/b18-17-. The van der Waals surface area contributed by atoms with E-state index in [2.05, 4.69) is 16.6 Å². The normalized spacial score (nSPS) is 11.1. The summed E-state index contributed by atoms with van der Waals surface area (Å²) in [4.78, 5) is 2.11. The minimum atomic E-state index is 0.524. The van der Waals surface area contributed by atoms with E-state index < -0.39 is 0 Å². The predicted octanol–water partition coefficient (Wildman–Crippen LogP) is 3.56. The highest BCUT2D eigenvalue weighted by Gasteiger charge is 2.11. The molecule has 0 heterocycles. The number of anilines is 1. The lowest BCUT2D eigenvalue weighted by molar-refractivity contribution is 0.318. The fourth-order valence-electron chi connectivity index (χ4n) is 2.05. The van der Waals surface area contributed by atoms with Crippen molar-refractivity contribution in [1.82, 2.24) is 0 Å². The molecule has 2 rings (SSSR count). The minimum Gasteiger partial charge on any atom is -0.411 e. The third-order valence-corrected chi connectivity index (χ3v) is 3.04. The summed E-state index contributed by atoms with van der Waals surface area (Å²) in [5.74, 6) is 0. The molecule has 0 radical (unpaired) electrons. The van der Waals surface area contributed by atoms with Gasteiger partial charge >= 0.3 is 0 Å². The number of hydrogen-bond donors (Lipinski definition) is 1. The van der Waals surface area contributed by atoms with Gasteiger partial charge in [-0.15, -0.1) is 6.58 Å². The smallest absolute Gasteiger partial charge is 0.106 e. The zero-order chi connectivity index (χ0) is 14.2. The molecule has 0 aromatic heterocycles. The SMILES string of the molecule is C=CCN(C/C(=N/O)c1ccccc1)c1ccccc1. The van der Waals surface area contributed by atoms with Gasteiger partial charge in [-0.2, -0.15) is 0 Å². The Morgan fingerprint density at radius 2 is 1.65 bits per heavy atom. The molecule has 0 saturated carbocycles. The maximum absolute atomic E-state index is 9.28. The van der Waals surface area contributed by atoms with E-state index in [0.29, 0.717) is 18.8 Å². The Bertz CT molecular complexity index is 564. The Labute approximate surface area is 119 Å². The highest BCUT2D eigenvalue weighted by Crippen LogP contribution is 2.14. The number of rotatable bonds is 6. The second-order valence-corrected chi connectivity index (χ2v) is 4.42. The summed E-state index contributed by atoms with van der Waals surface area (Å²) in [6.07, 6.45) is 1.84. The van der Waals surface area contributed by atoms with Crippen molar-refractivity contribution in [3.63, 3.8) is 0 Å². The minimum absolute atomic E-state index is 0.524. The number of benzene rings is 2. The lowest BCUT2D eigenvalue weighted by atomic mass is 10.1. The summed E-state index contributed by atoms with van der Waals surface area (Å²) in [5.41, 5.74) is 2.63. The molecule has 2 aromatic rings. The summed E-state index contributed by atoms with van der Waals surface area (Å²) in [7, 11) is 0. The van der Waals surface area contributed by atoms with Crippen LogP contribution in [0.3, 0.4) is 0 Å². The lowest BCUT2D eigenvalue weighted by Crippen LogP contribution is -2.30. The topological polar surface area (TPSA) is 35.8 Å². The van der Waals surface area contributed by atoms with E-state index in [4.69, 9.17) is 0 Å². The second-order valence-electron chi connectivity index (χ2n) is 4.42. The Morgan fingerprint density at radius 3 is 2.20 bits per heavy atom. The number of nitrogens with zero attached hydrogens (tertiary/aromatic N) is 2. The molecule has 0 aliphatic carbocycles. The van der Waals surface area contributed by atoms with Crippen molar-refractivity contribution < 1.29 is 5.21 Å². The molecule has 0 bridgehead atoms. The van der Waals surface area contributed by atoms with Crippen molar-refractivity contribution in [3.8, 4) is 0 Å². The summed E-state index contributed by atoms with van der Waals surface area (Å²) in [6.45, 7) is 5.00. The van der Waals surface area contributed by atoms with Crippen molar-refractivity contribution in [2.45, 2.75) is 0 Å². The fourth-order valence-corrected chi connectivity index (χ4v) is 2.05. The first-order valence-corrected chi connectivity index (χ1v) is 6.52. The zero-order valence-corrected chi connectivity index (χ0v) is 11.3. The largest absolute Gasteiger partial charge is 0.411 e. The van der Waals surface area contributed by atoms with Crippen LogP contribution in [0.25, 0.3) is 0 Å². The van der Waals surface area contributed by atoms with Crippen molar-refractivity contribution in [2.24, 2.45) is 5.16 Å². The van der Waals surface area contributed by atoms with Crippen LogP contribution in [0.2, 0.25) is 0 Å². The van der Waals surface area contributed by atoms with Crippen LogP contribution in [-0.4, -0.2) is 24.0 Å². The molecule has 2 aromatic carbocycles. The van der Waals surface area contributed by atoms with Gasteiger partial charge in [0.05, 0.1) is 6.54 Å². The molecular formula is C17H18N2O. The molecule has 0 atom stereocenters. The number of hydrogen-bond acceptors (Lipinski definition) is 3. The van der Waals surface area contributed by atoms with Crippen LogP contribution in [0.5, 0.6) is 0 Å². The van der Waals surface area contributed by atoms with Crippen molar-refractivity contribution in [2.75, 3.05) is 18.0 Å². The van der Waals surface area contributed by atoms with Gasteiger partial charge in [0.1, 0.15) is 5.71 Å². The molecule has 0 aliphatic heterocycles. The molecule has 102 valence electrons. The van der Waals surface area contributed by atoms with Gasteiger partial charge in [-0.3, -0.25) is 0 Å². The van der Waals surface area contributed by atoms with Crippen LogP contribution in [0.15, 0.2) is 78.5 Å². The molecule has 3 heteroatoms.